The van der Waals surface area contributed by atoms with Gasteiger partial charge in [-0.05, 0) is 36.6 Å². The van der Waals surface area contributed by atoms with Gasteiger partial charge in [-0.1, -0.05) is 30.7 Å². The number of benzene rings is 1. The van der Waals surface area contributed by atoms with Crippen molar-refractivity contribution < 1.29 is 17.9 Å². The van der Waals surface area contributed by atoms with Crippen molar-refractivity contribution in [3.63, 3.8) is 0 Å². The molecule has 2 heterocycles. The number of hydrogen-bond donors (Lipinski definition) is 0. The Hall–Kier alpha value is -3.16. The number of amidine groups is 1. The molecule has 2 aliphatic carbocycles. The van der Waals surface area contributed by atoms with Crippen LogP contribution in [0.1, 0.15) is 48.6 Å². The number of alkyl halides is 3. The summed E-state index contributed by atoms with van der Waals surface area (Å²) in [5.41, 5.74) is 4.39. The van der Waals surface area contributed by atoms with Crippen molar-refractivity contribution in [1.82, 2.24) is 9.78 Å². The average Bonchev–Trinajstić information content (AvgIpc) is 3.22. The fourth-order valence-corrected chi connectivity index (χ4v) is 3.89. The molecule has 0 unspecified atom stereocenters. The van der Waals surface area contributed by atoms with Crippen LogP contribution in [0.2, 0.25) is 0 Å². The van der Waals surface area contributed by atoms with Gasteiger partial charge in [-0.2, -0.15) is 5.10 Å². The Bertz CT molecular complexity index is 1130. The molecule has 1 aromatic carbocycles. The van der Waals surface area contributed by atoms with Gasteiger partial charge in [0, 0.05) is 24.9 Å². The lowest BCUT2D eigenvalue weighted by atomic mass is 9.83. The number of rotatable bonds is 4. The van der Waals surface area contributed by atoms with Crippen LogP contribution in [0.5, 0.6) is 5.75 Å². The standard InChI is InChI=1S/C22H19F3N4O/c1-29-19(12-17(28-29)13-5-4-6-13)21-26-16-10-9-14(11-18(16)27-21)15-7-2-3-8-20(15)30-22(23,24)25/h2-3,7-9,11-13H,4-6,10H2,1H3. The molecule has 0 atom stereocenters. The fraction of sp³-hybridized carbons (Fsp3) is 0.318. The predicted molar refractivity (Wildman–Crippen MR) is 108 cm³/mol. The van der Waals surface area contributed by atoms with Crippen LogP contribution >= 0.6 is 0 Å². The van der Waals surface area contributed by atoms with E-state index in [1.54, 1.807) is 22.9 Å². The highest BCUT2D eigenvalue weighted by Crippen LogP contribution is 2.37. The second-order valence-corrected chi connectivity index (χ2v) is 7.64. The van der Waals surface area contributed by atoms with E-state index in [0.717, 1.165) is 29.9 Å². The Balaban J connectivity index is 1.45. The maximum Gasteiger partial charge on any atom is 0.573 e. The fourth-order valence-electron chi connectivity index (χ4n) is 3.89. The molecule has 5 rings (SSSR count). The van der Waals surface area contributed by atoms with Gasteiger partial charge >= 0.3 is 6.36 Å². The van der Waals surface area contributed by atoms with Crippen molar-refractivity contribution in [2.75, 3.05) is 0 Å². The first-order valence-electron chi connectivity index (χ1n) is 9.85. The van der Waals surface area contributed by atoms with Gasteiger partial charge in [-0.15, -0.1) is 13.2 Å². The molecule has 1 saturated carbocycles. The molecule has 0 saturated heterocycles. The number of aromatic nitrogens is 2. The van der Waals surface area contributed by atoms with Crippen molar-refractivity contribution in [1.29, 1.82) is 0 Å². The molecule has 0 bridgehead atoms. The van der Waals surface area contributed by atoms with Crippen LogP contribution in [0.4, 0.5) is 13.2 Å². The van der Waals surface area contributed by atoms with Crippen molar-refractivity contribution in [3.8, 4) is 5.75 Å². The number of allylic oxidation sites excluding steroid dienone is 4. The Kier molecular flexibility index (Phi) is 4.38. The summed E-state index contributed by atoms with van der Waals surface area (Å²) in [6.07, 6.45) is 2.91. The zero-order chi connectivity index (χ0) is 20.9. The Morgan fingerprint density at radius 2 is 1.93 bits per heavy atom. The molecule has 154 valence electrons. The third kappa shape index (κ3) is 3.46. The molecule has 8 heteroatoms. The van der Waals surface area contributed by atoms with Gasteiger partial charge in [0.05, 0.1) is 17.1 Å². The normalized spacial score (nSPS) is 18.8. The van der Waals surface area contributed by atoms with Gasteiger partial charge in [0.25, 0.3) is 0 Å². The highest BCUT2D eigenvalue weighted by atomic mass is 19.4. The maximum atomic E-state index is 12.8. The Morgan fingerprint density at radius 1 is 1.13 bits per heavy atom. The highest BCUT2D eigenvalue weighted by molar-refractivity contribution is 6.20. The molecule has 2 aromatic rings. The third-order valence-electron chi connectivity index (χ3n) is 5.65. The molecule has 1 fully saturated rings. The van der Waals surface area contributed by atoms with Gasteiger partial charge in [-0.3, -0.25) is 4.68 Å². The van der Waals surface area contributed by atoms with E-state index in [1.165, 1.54) is 18.6 Å². The summed E-state index contributed by atoms with van der Waals surface area (Å²) in [5.74, 6) is 0.873. The summed E-state index contributed by atoms with van der Waals surface area (Å²) in [4.78, 5) is 9.30. The topological polar surface area (TPSA) is 51.8 Å². The molecule has 30 heavy (non-hydrogen) atoms. The van der Waals surface area contributed by atoms with Gasteiger partial charge in [0.1, 0.15) is 11.4 Å². The number of para-hydroxylation sites is 1. The zero-order valence-electron chi connectivity index (χ0n) is 16.3. The van der Waals surface area contributed by atoms with Crippen molar-refractivity contribution in [2.45, 2.75) is 38.0 Å². The molecular weight excluding hydrogens is 393 g/mol. The van der Waals surface area contributed by atoms with Crippen LogP contribution in [-0.4, -0.2) is 27.7 Å². The summed E-state index contributed by atoms with van der Waals surface area (Å²) in [6.45, 7) is 0. The summed E-state index contributed by atoms with van der Waals surface area (Å²) >= 11 is 0. The quantitative estimate of drug-likeness (QED) is 0.697. The van der Waals surface area contributed by atoms with Crippen molar-refractivity contribution in [3.05, 3.63) is 65.1 Å². The summed E-state index contributed by atoms with van der Waals surface area (Å²) in [5, 5.41) is 4.61. The average molecular weight is 412 g/mol. The second-order valence-electron chi connectivity index (χ2n) is 7.64. The van der Waals surface area contributed by atoms with Crippen molar-refractivity contribution in [2.24, 2.45) is 17.0 Å². The Labute approximate surface area is 171 Å². The van der Waals surface area contributed by atoms with E-state index in [9.17, 15) is 13.2 Å². The molecule has 0 spiro atoms. The number of hydrogen-bond acceptors (Lipinski definition) is 4. The number of aliphatic imine (C=N–C) groups is 2. The van der Waals surface area contributed by atoms with E-state index < -0.39 is 6.36 Å². The van der Waals surface area contributed by atoms with E-state index in [4.69, 9.17) is 0 Å². The first-order valence-corrected chi connectivity index (χ1v) is 9.85. The molecule has 0 radical (unpaired) electrons. The number of nitrogens with zero attached hydrogens (tertiary/aromatic N) is 4. The van der Waals surface area contributed by atoms with Gasteiger partial charge in [-0.25, -0.2) is 9.98 Å². The van der Waals surface area contributed by atoms with E-state index >= 15 is 0 Å². The Morgan fingerprint density at radius 3 is 2.67 bits per heavy atom. The minimum Gasteiger partial charge on any atom is -0.405 e. The van der Waals surface area contributed by atoms with Gasteiger partial charge in [0.2, 0.25) is 0 Å². The smallest absolute Gasteiger partial charge is 0.405 e. The zero-order valence-corrected chi connectivity index (χ0v) is 16.3. The molecule has 1 aliphatic heterocycles. The number of fused-ring (bicyclic) bond motifs is 1. The van der Waals surface area contributed by atoms with Gasteiger partial charge in [0.15, 0.2) is 5.84 Å². The minimum absolute atomic E-state index is 0.229. The number of aryl methyl sites for hydroxylation is 1. The van der Waals surface area contributed by atoms with Crippen LogP contribution in [-0.2, 0) is 7.05 Å². The van der Waals surface area contributed by atoms with Crippen LogP contribution in [0.3, 0.4) is 0 Å². The van der Waals surface area contributed by atoms with E-state index in [-0.39, 0.29) is 5.75 Å². The van der Waals surface area contributed by atoms with E-state index in [1.807, 2.05) is 19.2 Å². The molecule has 5 nitrogen and oxygen atoms in total. The van der Waals surface area contributed by atoms with Crippen LogP contribution < -0.4 is 4.74 Å². The molecule has 1 aromatic heterocycles. The summed E-state index contributed by atoms with van der Waals surface area (Å²) in [7, 11) is 1.88. The largest absolute Gasteiger partial charge is 0.573 e. The van der Waals surface area contributed by atoms with Crippen LogP contribution in [0, 0.1) is 0 Å². The summed E-state index contributed by atoms with van der Waals surface area (Å²) < 4.78 is 44.3. The predicted octanol–water partition coefficient (Wildman–Crippen LogP) is 5.16. The molecule has 0 amide bonds. The van der Waals surface area contributed by atoms with Gasteiger partial charge < -0.3 is 4.74 Å². The van der Waals surface area contributed by atoms with Crippen molar-refractivity contribution >= 4 is 17.1 Å². The monoisotopic (exact) mass is 412 g/mol. The number of ether oxygens (including phenoxy) is 1. The molecule has 3 aliphatic rings. The third-order valence-corrected chi connectivity index (χ3v) is 5.65. The van der Waals surface area contributed by atoms with E-state index in [0.29, 0.717) is 35.0 Å². The lowest BCUT2D eigenvalue weighted by Crippen LogP contribution is -2.18. The van der Waals surface area contributed by atoms with Crippen LogP contribution in [0.25, 0.3) is 5.57 Å². The highest BCUT2D eigenvalue weighted by Gasteiger charge is 2.33. The molecule has 0 N–H and O–H groups in total. The SMILES string of the molecule is Cn1nc(C2CCC2)cc1C1=NC2=CC(c3ccccc3OC(F)(F)F)=CCC2=N1. The first-order chi connectivity index (χ1) is 14.4. The van der Waals surface area contributed by atoms with E-state index in [2.05, 4.69) is 19.8 Å². The molecular formula is C22H19F3N4O. The second kappa shape index (κ2) is 6.97. The lowest BCUT2D eigenvalue weighted by Gasteiger charge is -2.22. The maximum absolute atomic E-state index is 12.8. The minimum atomic E-state index is -4.75. The summed E-state index contributed by atoms with van der Waals surface area (Å²) in [6, 6.07) is 8.17. The lowest BCUT2D eigenvalue weighted by molar-refractivity contribution is -0.274. The number of halogens is 3. The van der Waals surface area contributed by atoms with Crippen LogP contribution in [0.15, 0.2) is 58.2 Å². The first kappa shape index (κ1) is 18.8.